The number of anilines is 1. The summed E-state index contributed by atoms with van der Waals surface area (Å²) < 4.78 is 11.4. The van der Waals surface area contributed by atoms with Crippen LogP contribution in [0.3, 0.4) is 0 Å². The predicted molar refractivity (Wildman–Crippen MR) is 147 cm³/mol. The highest BCUT2D eigenvalue weighted by molar-refractivity contribution is 5.92. The maximum atomic E-state index is 12.9. The van der Waals surface area contributed by atoms with Gasteiger partial charge in [-0.25, -0.2) is 9.97 Å². The van der Waals surface area contributed by atoms with Crippen molar-refractivity contribution >= 4 is 11.7 Å². The molecule has 0 aliphatic heterocycles. The smallest absolute Gasteiger partial charge is 0.229 e. The lowest BCUT2D eigenvalue weighted by molar-refractivity contribution is -0.115. The summed E-state index contributed by atoms with van der Waals surface area (Å²) in [6.45, 7) is 7.96. The highest BCUT2D eigenvalue weighted by Crippen LogP contribution is 2.24. The predicted octanol–water partition coefficient (Wildman–Crippen LogP) is 6.49. The van der Waals surface area contributed by atoms with Crippen molar-refractivity contribution in [3.05, 3.63) is 102 Å². The molecule has 0 atom stereocenters. The number of carbonyl (C=O) groups is 1. The van der Waals surface area contributed by atoms with Gasteiger partial charge in [0.1, 0.15) is 11.5 Å². The zero-order chi connectivity index (χ0) is 26.2. The Morgan fingerprint density at radius 3 is 1.97 bits per heavy atom. The van der Waals surface area contributed by atoms with Gasteiger partial charge >= 0.3 is 0 Å². The Bertz CT molecular complexity index is 1300. The third-order valence-corrected chi connectivity index (χ3v) is 5.50. The number of nitrogens with one attached hydrogen (secondary N) is 1. The molecule has 1 aromatic heterocycles. The van der Waals surface area contributed by atoms with Crippen molar-refractivity contribution in [1.29, 1.82) is 0 Å². The van der Waals surface area contributed by atoms with E-state index in [9.17, 15) is 4.79 Å². The largest absolute Gasteiger partial charge is 0.491 e. The van der Waals surface area contributed by atoms with Crippen LogP contribution in [0.4, 0.5) is 5.82 Å². The highest BCUT2D eigenvalue weighted by atomic mass is 16.5. The van der Waals surface area contributed by atoms with Crippen LogP contribution >= 0.6 is 0 Å². The lowest BCUT2D eigenvalue weighted by Crippen LogP contribution is -2.17. The van der Waals surface area contributed by atoms with Crippen LogP contribution in [0, 0.1) is 0 Å². The number of carbonyl (C=O) groups excluding carboxylic acids is 1. The number of benzene rings is 3. The van der Waals surface area contributed by atoms with E-state index in [1.807, 2.05) is 107 Å². The molecule has 0 spiro atoms. The molecule has 190 valence electrons. The van der Waals surface area contributed by atoms with Gasteiger partial charge in [0, 0.05) is 12.0 Å². The number of nitrogens with zero attached hydrogens (tertiary/aromatic N) is 2. The topological polar surface area (TPSA) is 73.3 Å². The van der Waals surface area contributed by atoms with Gasteiger partial charge < -0.3 is 14.8 Å². The van der Waals surface area contributed by atoms with Crippen LogP contribution in [0.5, 0.6) is 11.5 Å². The second kappa shape index (κ2) is 12.2. The van der Waals surface area contributed by atoms with E-state index in [1.165, 1.54) is 0 Å². The maximum absolute atomic E-state index is 12.9. The normalized spacial score (nSPS) is 11.0. The van der Waals surface area contributed by atoms with Crippen LogP contribution in [0.15, 0.2) is 85.1 Å². The Labute approximate surface area is 218 Å². The molecular weight excluding hydrogens is 462 g/mol. The van der Waals surface area contributed by atoms with Crippen molar-refractivity contribution in [2.24, 2.45) is 0 Å². The number of hydrogen-bond donors (Lipinski definition) is 1. The fourth-order valence-corrected chi connectivity index (χ4v) is 3.88. The minimum Gasteiger partial charge on any atom is -0.491 e. The summed E-state index contributed by atoms with van der Waals surface area (Å²) in [6.07, 6.45) is 2.68. The molecule has 6 nitrogen and oxygen atoms in total. The summed E-state index contributed by atoms with van der Waals surface area (Å²) in [5.41, 5.74) is 4.36. The monoisotopic (exact) mass is 495 g/mol. The first-order chi connectivity index (χ1) is 17.9. The van der Waals surface area contributed by atoms with Gasteiger partial charge in [-0.15, -0.1) is 0 Å². The standard InChI is InChI=1S/C31H33N3O3/c1-21(2)36-26-14-10-24(11-15-26)19-30(35)34-31-28(18-23-8-6-5-7-9-23)33-29(20-32-31)25-12-16-27(17-13-25)37-22(3)4/h5-17,20-22H,18-19H2,1-4H3,(H,32,34,35). The van der Waals surface area contributed by atoms with Gasteiger partial charge in [0.15, 0.2) is 5.82 Å². The minimum atomic E-state index is -0.149. The van der Waals surface area contributed by atoms with Gasteiger partial charge in [0.05, 0.1) is 36.2 Å². The number of amides is 1. The summed E-state index contributed by atoms with van der Waals surface area (Å²) in [7, 11) is 0. The molecule has 4 aromatic rings. The van der Waals surface area contributed by atoms with Crippen molar-refractivity contribution in [3.63, 3.8) is 0 Å². The van der Waals surface area contributed by atoms with Crippen LogP contribution in [0.1, 0.15) is 44.5 Å². The fraction of sp³-hybridized carbons (Fsp3) is 0.258. The highest BCUT2D eigenvalue weighted by Gasteiger charge is 2.14. The Morgan fingerprint density at radius 1 is 0.784 bits per heavy atom. The number of hydrogen-bond acceptors (Lipinski definition) is 5. The lowest BCUT2D eigenvalue weighted by atomic mass is 10.1. The molecule has 6 heteroatoms. The van der Waals surface area contributed by atoms with E-state index >= 15 is 0 Å². The molecule has 0 unspecified atom stereocenters. The van der Waals surface area contributed by atoms with E-state index < -0.39 is 0 Å². The third-order valence-electron chi connectivity index (χ3n) is 5.50. The summed E-state index contributed by atoms with van der Waals surface area (Å²) in [5.74, 6) is 1.92. The molecule has 3 aromatic carbocycles. The molecule has 4 rings (SSSR count). The second-order valence-corrected chi connectivity index (χ2v) is 9.44. The number of ether oxygens (including phenoxy) is 2. The molecule has 1 N–H and O–H groups in total. The van der Waals surface area contributed by atoms with E-state index in [1.54, 1.807) is 6.20 Å². The summed E-state index contributed by atoms with van der Waals surface area (Å²) in [5, 5.41) is 2.97. The molecule has 1 heterocycles. The zero-order valence-electron chi connectivity index (χ0n) is 21.8. The third kappa shape index (κ3) is 7.64. The van der Waals surface area contributed by atoms with Crippen molar-refractivity contribution in [3.8, 4) is 22.8 Å². The maximum Gasteiger partial charge on any atom is 0.229 e. The Hall–Kier alpha value is -4.19. The van der Waals surface area contributed by atoms with Gasteiger partial charge in [-0.2, -0.15) is 0 Å². The quantitative estimate of drug-likeness (QED) is 0.272. The molecule has 0 saturated heterocycles. The van der Waals surface area contributed by atoms with E-state index in [2.05, 4.69) is 10.3 Å². The molecule has 0 aliphatic carbocycles. The summed E-state index contributed by atoms with van der Waals surface area (Å²) in [4.78, 5) is 22.4. The Morgan fingerprint density at radius 2 is 1.38 bits per heavy atom. The summed E-state index contributed by atoms with van der Waals surface area (Å²) in [6, 6.07) is 25.4. The van der Waals surface area contributed by atoms with Gasteiger partial charge in [-0.1, -0.05) is 42.5 Å². The fourth-order valence-electron chi connectivity index (χ4n) is 3.88. The van der Waals surface area contributed by atoms with E-state index in [4.69, 9.17) is 14.5 Å². The molecule has 0 radical (unpaired) electrons. The molecule has 0 saturated carbocycles. The molecule has 0 aliphatic rings. The van der Waals surface area contributed by atoms with Crippen molar-refractivity contribution in [2.45, 2.75) is 52.7 Å². The lowest BCUT2D eigenvalue weighted by Gasteiger charge is -2.13. The van der Waals surface area contributed by atoms with Crippen LogP contribution in [-0.2, 0) is 17.6 Å². The minimum absolute atomic E-state index is 0.102. The van der Waals surface area contributed by atoms with Crippen LogP contribution in [0.25, 0.3) is 11.3 Å². The average molecular weight is 496 g/mol. The van der Waals surface area contributed by atoms with Gasteiger partial charge in [0.2, 0.25) is 5.91 Å². The molecule has 1 amide bonds. The first-order valence-corrected chi connectivity index (χ1v) is 12.6. The van der Waals surface area contributed by atoms with Crippen molar-refractivity contribution in [1.82, 2.24) is 9.97 Å². The SMILES string of the molecule is CC(C)Oc1ccc(CC(=O)Nc2ncc(-c3ccc(OC(C)C)cc3)nc2Cc2ccccc2)cc1. The van der Waals surface area contributed by atoms with Crippen LogP contribution in [-0.4, -0.2) is 28.1 Å². The molecule has 0 fully saturated rings. The second-order valence-electron chi connectivity index (χ2n) is 9.44. The zero-order valence-corrected chi connectivity index (χ0v) is 21.8. The number of rotatable bonds is 10. The van der Waals surface area contributed by atoms with Gasteiger partial charge in [-0.05, 0) is 75.2 Å². The van der Waals surface area contributed by atoms with E-state index in [0.717, 1.165) is 33.9 Å². The Balaban J connectivity index is 1.54. The van der Waals surface area contributed by atoms with Crippen LogP contribution < -0.4 is 14.8 Å². The molecule has 37 heavy (non-hydrogen) atoms. The molecular formula is C31H33N3O3. The first kappa shape index (κ1) is 25.9. The summed E-state index contributed by atoms with van der Waals surface area (Å²) >= 11 is 0. The number of aromatic nitrogens is 2. The van der Waals surface area contributed by atoms with Crippen molar-refractivity contribution in [2.75, 3.05) is 5.32 Å². The van der Waals surface area contributed by atoms with E-state index in [0.29, 0.717) is 17.9 Å². The van der Waals surface area contributed by atoms with Crippen molar-refractivity contribution < 1.29 is 14.3 Å². The first-order valence-electron chi connectivity index (χ1n) is 12.6. The van der Waals surface area contributed by atoms with Gasteiger partial charge in [0.25, 0.3) is 0 Å². The Kier molecular flexibility index (Phi) is 8.52. The van der Waals surface area contributed by atoms with E-state index in [-0.39, 0.29) is 24.5 Å². The molecule has 0 bridgehead atoms. The van der Waals surface area contributed by atoms with Gasteiger partial charge in [-0.3, -0.25) is 4.79 Å². The van der Waals surface area contributed by atoms with Crippen LogP contribution in [0.2, 0.25) is 0 Å². The average Bonchev–Trinajstić information content (AvgIpc) is 2.87.